The Morgan fingerprint density at radius 1 is 1.20 bits per heavy atom. The van der Waals surface area contributed by atoms with Crippen LogP contribution >= 0.6 is 27.7 Å². The van der Waals surface area contributed by atoms with Crippen LogP contribution in [0.3, 0.4) is 0 Å². The quantitative estimate of drug-likeness (QED) is 0.645. The molecule has 0 radical (unpaired) electrons. The molecule has 0 bridgehead atoms. The summed E-state index contributed by atoms with van der Waals surface area (Å²) >= 11 is 4.75. The summed E-state index contributed by atoms with van der Waals surface area (Å²) in [6.07, 6.45) is 0.203. The Balaban J connectivity index is 1.70. The van der Waals surface area contributed by atoms with Crippen molar-refractivity contribution in [3.8, 4) is 0 Å². The van der Waals surface area contributed by atoms with Crippen LogP contribution in [0.2, 0.25) is 0 Å². The number of ether oxygens (including phenoxy) is 1. The van der Waals surface area contributed by atoms with Crippen LogP contribution in [0.15, 0.2) is 27.6 Å². The van der Waals surface area contributed by atoms with Gasteiger partial charge in [0, 0.05) is 47.3 Å². The van der Waals surface area contributed by atoms with E-state index >= 15 is 0 Å². The molecule has 1 fully saturated rings. The second-order valence-electron chi connectivity index (χ2n) is 6.35. The third-order valence-electron chi connectivity index (χ3n) is 4.83. The number of rotatable bonds is 0. The molecule has 1 spiro atoms. The van der Waals surface area contributed by atoms with Gasteiger partial charge in [-0.15, -0.1) is 11.8 Å². The number of Topliss-reactive ketones (excluding diaryl/α,β-unsaturated/α-hetero) is 2. The van der Waals surface area contributed by atoms with Gasteiger partial charge in [-0.3, -0.25) is 9.59 Å². The Labute approximate surface area is 156 Å². The van der Waals surface area contributed by atoms with Crippen LogP contribution in [-0.4, -0.2) is 52.1 Å². The summed E-state index contributed by atoms with van der Waals surface area (Å²) in [5, 5.41) is 9.12. The highest BCUT2D eigenvalue weighted by Crippen LogP contribution is 2.47. The van der Waals surface area contributed by atoms with Crippen molar-refractivity contribution in [1.29, 1.82) is 0 Å². The predicted octanol–water partition coefficient (Wildman–Crippen LogP) is 3.16. The SMILES string of the molecule is O=C1C(=O)c2ccc(Br)cc2C2=C1SCC1(CCN(C(=O)O)CC1)O2. The lowest BCUT2D eigenvalue weighted by Gasteiger charge is -2.44. The molecule has 0 atom stereocenters. The molecule has 2 aliphatic heterocycles. The molecule has 4 rings (SSSR count). The van der Waals surface area contributed by atoms with E-state index in [1.54, 1.807) is 18.2 Å². The fourth-order valence-corrected chi connectivity index (χ4v) is 5.01. The Morgan fingerprint density at radius 2 is 1.92 bits per heavy atom. The van der Waals surface area contributed by atoms with Crippen molar-refractivity contribution in [2.24, 2.45) is 0 Å². The lowest BCUT2D eigenvalue weighted by molar-refractivity contribution is -0.111. The Bertz CT molecular complexity index is 841. The number of likely N-dealkylation sites (tertiary alicyclic amines) is 1. The Hall–Kier alpha value is -1.80. The molecule has 1 N–H and O–H groups in total. The van der Waals surface area contributed by atoms with Crippen molar-refractivity contribution in [2.75, 3.05) is 18.8 Å². The number of benzene rings is 1. The first-order valence-electron chi connectivity index (χ1n) is 7.83. The van der Waals surface area contributed by atoms with E-state index in [2.05, 4.69) is 15.9 Å². The van der Waals surface area contributed by atoms with E-state index in [0.29, 0.717) is 53.5 Å². The van der Waals surface area contributed by atoms with Gasteiger partial charge in [-0.2, -0.15) is 0 Å². The molecule has 0 aromatic heterocycles. The third kappa shape index (κ3) is 2.67. The summed E-state index contributed by atoms with van der Waals surface area (Å²) in [6, 6.07) is 5.15. The lowest BCUT2D eigenvalue weighted by Crippen LogP contribution is -2.50. The molecular formula is C17H14BrNO5S. The van der Waals surface area contributed by atoms with Crippen LogP contribution in [0.5, 0.6) is 0 Å². The number of amides is 1. The zero-order valence-corrected chi connectivity index (χ0v) is 15.5. The molecule has 1 aromatic rings. The monoisotopic (exact) mass is 423 g/mol. The first-order chi connectivity index (χ1) is 11.9. The molecule has 2 heterocycles. The lowest BCUT2D eigenvalue weighted by atomic mass is 9.90. The minimum atomic E-state index is -0.925. The summed E-state index contributed by atoms with van der Waals surface area (Å²) in [7, 11) is 0. The molecule has 0 unspecified atom stereocenters. The molecule has 130 valence electrons. The largest absolute Gasteiger partial charge is 0.484 e. The van der Waals surface area contributed by atoms with Crippen LogP contribution in [0.1, 0.15) is 28.8 Å². The standard InChI is InChI=1S/C17H14BrNO5S/c18-9-1-2-10-11(7-9)14-15(13(21)12(10)20)25-8-17(24-14)3-5-19(6-4-17)16(22)23/h1-2,7H,3-6,8H2,(H,22,23). The maximum Gasteiger partial charge on any atom is 0.407 e. The highest BCUT2D eigenvalue weighted by molar-refractivity contribution is 9.10. The van der Waals surface area contributed by atoms with Crippen molar-refractivity contribution in [1.82, 2.24) is 4.90 Å². The number of allylic oxidation sites excluding steroid dienone is 1. The van der Waals surface area contributed by atoms with Gasteiger partial charge in [0.15, 0.2) is 0 Å². The van der Waals surface area contributed by atoms with Gasteiger partial charge in [-0.05, 0) is 18.2 Å². The Kier molecular flexibility index (Phi) is 3.92. The van der Waals surface area contributed by atoms with Crippen LogP contribution < -0.4 is 0 Å². The zero-order valence-electron chi connectivity index (χ0n) is 13.1. The second-order valence-corrected chi connectivity index (χ2v) is 8.25. The number of hydrogen-bond acceptors (Lipinski definition) is 5. The molecule has 25 heavy (non-hydrogen) atoms. The molecule has 1 amide bonds. The zero-order chi connectivity index (χ0) is 17.8. The minimum absolute atomic E-state index is 0.354. The number of carboxylic acid groups (broad SMARTS) is 1. The topological polar surface area (TPSA) is 83.9 Å². The Morgan fingerprint density at radius 3 is 2.60 bits per heavy atom. The van der Waals surface area contributed by atoms with Crippen LogP contribution in [0.4, 0.5) is 4.79 Å². The summed E-state index contributed by atoms with van der Waals surface area (Å²) in [5.74, 6) is -0.0238. The van der Waals surface area contributed by atoms with Crippen LogP contribution in [-0.2, 0) is 9.53 Å². The van der Waals surface area contributed by atoms with Crippen molar-refractivity contribution < 1.29 is 24.2 Å². The summed E-state index contributed by atoms with van der Waals surface area (Å²) in [6.45, 7) is 0.799. The third-order valence-corrected chi connectivity index (χ3v) is 6.66. The predicted molar refractivity (Wildman–Crippen MR) is 95.5 cm³/mol. The van der Waals surface area contributed by atoms with Crippen molar-refractivity contribution in [2.45, 2.75) is 18.4 Å². The summed E-state index contributed by atoms with van der Waals surface area (Å²) in [5.41, 5.74) is 0.476. The number of ketones is 2. The second kappa shape index (κ2) is 5.88. The van der Waals surface area contributed by atoms with E-state index < -0.39 is 23.3 Å². The number of carbonyl (C=O) groups excluding carboxylic acids is 2. The van der Waals surface area contributed by atoms with E-state index in [-0.39, 0.29) is 0 Å². The van der Waals surface area contributed by atoms with Gasteiger partial charge in [0.1, 0.15) is 16.3 Å². The van der Waals surface area contributed by atoms with Gasteiger partial charge >= 0.3 is 6.09 Å². The molecular weight excluding hydrogens is 410 g/mol. The molecule has 0 saturated carbocycles. The molecule has 1 saturated heterocycles. The molecule has 6 nitrogen and oxygen atoms in total. The summed E-state index contributed by atoms with van der Waals surface area (Å²) < 4.78 is 7.09. The average molecular weight is 424 g/mol. The first kappa shape index (κ1) is 16.7. The van der Waals surface area contributed by atoms with Crippen molar-refractivity contribution in [3.63, 3.8) is 0 Å². The van der Waals surface area contributed by atoms with E-state index in [1.807, 2.05) is 0 Å². The number of piperidine rings is 1. The van der Waals surface area contributed by atoms with Gasteiger partial charge < -0.3 is 14.7 Å². The number of fused-ring (bicyclic) bond motifs is 2. The number of hydrogen-bond donors (Lipinski definition) is 1. The highest BCUT2D eigenvalue weighted by Gasteiger charge is 2.46. The smallest absolute Gasteiger partial charge is 0.407 e. The average Bonchev–Trinajstić information content (AvgIpc) is 2.60. The number of carbonyl (C=O) groups is 3. The van der Waals surface area contributed by atoms with Gasteiger partial charge in [0.2, 0.25) is 11.6 Å². The molecule has 1 aromatic carbocycles. The van der Waals surface area contributed by atoms with E-state index in [4.69, 9.17) is 9.84 Å². The molecule has 1 aliphatic carbocycles. The fraction of sp³-hybridized carbons (Fsp3) is 0.353. The maximum absolute atomic E-state index is 12.4. The number of nitrogens with zero attached hydrogens (tertiary/aromatic N) is 1. The summed E-state index contributed by atoms with van der Waals surface area (Å²) in [4.78, 5) is 37.6. The van der Waals surface area contributed by atoms with Crippen LogP contribution in [0, 0.1) is 0 Å². The highest BCUT2D eigenvalue weighted by atomic mass is 79.9. The fourth-order valence-electron chi connectivity index (χ4n) is 3.39. The van der Waals surface area contributed by atoms with Gasteiger partial charge in [0.05, 0.1) is 0 Å². The van der Waals surface area contributed by atoms with Crippen LogP contribution in [0.25, 0.3) is 5.76 Å². The van der Waals surface area contributed by atoms with Crippen molar-refractivity contribution >= 4 is 51.1 Å². The van der Waals surface area contributed by atoms with Crippen molar-refractivity contribution in [3.05, 3.63) is 38.7 Å². The normalized spacial score (nSPS) is 21.7. The molecule has 3 aliphatic rings. The van der Waals surface area contributed by atoms with E-state index in [9.17, 15) is 14.4 Å². The minimum Gasteiger partial charge on any atom is -0.484 e. The van der Waals surface area contributed by atoms with E-state index in [1.165, 1.54) is 16.7 Å². The van der Waals surface area contributed by atoms with Gasteiger partial charge in [-0.1, -0.05) is 15.9 Å². The molecule has 8 heteroatoms. The van der Waals surface area contributed by atoms with E-state index in [0.717, 1.165) is 4.47 Å². The number of thioether (sulfide) groups is 1. The number of halogens is 1. The van der Waals surface area contributed by atoms with Gasteiger partial charge in [0.25, 0.3) is 0 Å². The first-order valence-corrected chi connectivity index (χ1v) is 9.61. The van der Waals surface area contributed by atoms with Gasteiger partial charge in [-0.25, -0.2) is 4.79 Å². The maximum atomic E-state index is 12.4.